The summed E-state index contributed by atoms with van der Waals surface area (Å²) in [6, 6.07) is 19.1. The monoisotopic (exact) mass is 506 g/mol. The Morgan fingerprint density at radius 2 is 1.82 bits per heavy atom. The zero-order valence-corrected chi connectivity index (χ0v) is 20.0. The molecule has 2 heterocycles. The van der Waals surface area contributed by atoms with Crippen LogP contribution in [0.5, 0.6) is 5.75 Å². The van der Waals surface area contributed by atoms with Crippen molar-refractivity contribution in [2.24, 2.45) is 0 Å². The van der Waals surface area contributed by atoms with Gasteiger partial charge in [-0.2, -0.15) is 0 Å². The largest absolute Gasteiger partial charge is 0.497 e. The predicted octanol–water partition coefficient (Wildman–Crippen LogP) is 6.53. The molecule has 0 atom stereocenters. The lowest BCUT2D eigenvalue weighted by Crippen LogP contribution is -2.17. The number of nitrogens with one attached hydrogen (secondary N) is 2. The number of aromatic amines is 1. The van der Waals surface area contributed by atoms with E-state index in [1.165, 1.54) is 0 Å². The fourth-order valence-electron chi connectivity index (χ4n) is 3.33. The van der Waals surface area contributed by atoms with Crippen molar-refractivity contribution in [2.75, 3.05) is 12.4 Å². The van der Waals surface area contributed by atoms with Crippen molar-refractivity contribution in [1.82, 2.24) is 15.0 Å². The smallest absolute Gasteiger partial charge is 0.411 e. The Bertz CT molecular complexity index is 1270. The van der Waals surface area contributed by atoms with E-state index in [-0.39, 0.29) is 6.10 Å². The van der Waals surface area contributed by atoms with E-state index >= 15 is 0 Å². The van der Waals surface area contributed by atoms with Crippen LogP contribution < -0.4 is 10.1 Å². The summed E-state index contributed by atoms with van der Waals surface area (Å²) in [6.45, 7) is 3.61. The second-order valence-electron chi connectivity index (χ2n) is 7.56. The molecule has 0 unspecified atom stereocenters. The molecule has 0 saturated carbocycles. The number of imidazole rings is 1. The summed E-state index contributed by atoms with van der Waals surface area (Å²) < 4.78 is 11.3. The van der Waals surface area contributed by atoms with Gasteiger partial charge in [-0.3, -0.25) is 5.32 Å². The molecule has 2 N–H and O–H groups in total. The van der Waals surface area contributed by atoms with E-state index in [0.29, 0.717) is 11.5 Å². The predicted molar refractivity (Wildman–Crippen MR) is 132 cm³/mol. The quantitative estimate of drug-likeness (QED) is 0.290. The fraction of sp³-hybridized carbons (Fsp3) is 0.160. The van der Waals surface area contributed by atoms with Gasteiger partial charge in [0.05, 0.1) is 24.6 Å². The molecule has 1 amide bonds. The van der Waals surface area contributed by atoms with Crippen molar-refractivity contribution in [1.29, 1.82) is 0 Å². The van der Waals surface area contributed by atoms with Crippen LogP contribution in [0.4, 0.5) is 10.5 Å². The number of hydrogen-bond donors (Lipinski definition) is 2. The van der Waals surface area contributed by atoms with Gasteiger partial charge in [-0.25, -0.2) is 14.8 Å². The highest BCUT2D eigenvalue weighted by molar-refractivity contribution is 9.10. The van der Waals surface area contributed by atoms with Crippen LogP contribution >= 0.6 is 15.9 Å². The number of nitrogens with zero attached hydrogens (tertiary/aromatic N) is 2. The Kier molecular flexibility index (Phi) is 6.74. The maximum atomic E-state index is 11.8. The van der Waals surface area contributed by atoms with Gasteiger partial charge in [0.1, 0.15) is 16.2 Å². The third kappa shape index (κ3) is 5.40. The summed E-state index contributed by atoms with van der Waals surface area (Å²) in [5.74, 6) is 1.45. The van der Waals surface area contributed by atoms with E-state index in [1.807, 2.05) is 60.7 Å². The number of aromatic nitrogens is 3. The van der Waals surface area contributed by atoms with Crippen LogP contribution in [0.2, 0.25) is 0 Å². The average Bonchev–Trinajstić information content (AvgIpc) is 3.25. The van der Waals surface area contributed by atoms with E-state index in [4.69, 9.17) is 14.5 Å². The van der Waals surface area contributed by atoms with E-state index in [0.717, 1.165) is 38.4 Å². The van der Waals surface area contributed by atoms with Gasteiger partial charge in [-0.1, -0.05) is 12.1 Å². The topological polar surface area (TPSA) is 89.1 Å². The molecule has 7 nitrogen and oxygen atoms in total. The van der Waals surface area contributed by atoms with Crippen molar-refractivity contribution in [3.8, 4) is 39.7 Å². The van der Waals surface area contributed by atoms with Crippen LogP contribution in [-0.4, -0.2) is 34.3 Å². The molecule has 0 aliphatic heterocycles. The van der Waals surface area contributed by atoms with Gasteiger partial charge in [0.2, 0.25) is 0 Å². The normalized spacial score (nSPS) is 10.8. The maximum absolute atomic E-state index is 11.8. The number of pyridine rings is 1. The molecule has 0 saturated heterocycles. The highest BCUT2D eigenvalue weighted by Crippen LogP contribution is 2.35. The van der Waals surface area contributed by atoms with Gasteiger partial charge >= 0.3 is 6.09 Å². The molecular weight excluding hydrogens is 484 g/mol. The van der Waals surface area contributed by atoms with E-state index < -0.39 is 6.09 Å². The van der Waals surface area contributed by atoms with Gasteiger partial charge < -0.3 is 14.5 Å². The Balaban J connectivity index is 1.71. The average molecular weight is 507 g/mol. The number of anilines is 1. The van der Waals surface area contributed by atoms with E-state index in [2.05, 4.69) is 31.2 Å². The SMILES string of the molecule is COc1cccc(-c2nc(-c3ccc(NC(=O)OC(C)C)cc3)[nH]c2-c2ccnc(Br)c2)c1. The molecular formula is C25H23BrN4O3. The number of methoxy groups -OCH3 is 1. The zero-order valence-electron chi connectivity index (χ0n) is 18.4. The van der Waals surface area contributed by atoms with Crippen LogP contribution in [-0.2, 0) is 4.74 Å². The first-order chi connectivity index (χ1) is 15.9. The van der Waals surface area contributed by atoms with Crippen molar-refractivity contribution < 1.29 is 14.3 Å². The second-order valence-corrected chi connectivity index (χ2v) is 8.38. The number of ether oxygens (including phenoxy) is 2. The second kappa shape index (κ2) is 9.87. The molecule has 2 aromatic carbocycles. The summed E-state index contributed by atoms with van der Waals surface area (Å²) in [7, 11) is 1.64. The number of carbonyl (C=O) groups is 1. The Hall–Kier alpha value is -3.65. The first kappa shape index (κ1) is 22.5. The highest BCUT2D eigenvalue weighted by atomic mass is 79.9. The number of rotatable bonds is 6. The van der Waals surface area contributed by atoms with Crippen molar-refractivity contribution in [2.45, 2.75) is 20.0 Å². The Morgan fingerprint density at radius 1 is 1.03 bits per heavy atom. The van der Waals surface area contributed by atoms with Crippen molar-refractivity contribution in [3.63, 3.8) is 0 Å². The number of halogens is 1. The molecule has 0 bridgehead atoms. The molecule has 0 spiro atoms. The van der Waals surface area contributed by atoms with Gasteiger partial charge in [-0.15, -0.1) is 0 Å². The molecule has 2 aromatic heterocycles. The Labute approximate surface area is 200 Å². The van der Waals surface area contributed by atoms with Gasteiger partial charge in [0.15, 0.2) is 0 Å². The number of carbonyl (C=O) groups excluding carboxylic acids is 1. The Morgan fingerprint density at radius 3 is 2.52 bits per heavy atom. The summed E-state index contributed by atoms with van der Waals surface area (Å²) in [6.07, 6.45) is 1.07. The first-order valence-corrected chi connectivity index (χ1v) is 11.2. The van der Waals surface area contributed by atoms with Crippen molar-refractivity contribution >= 4 is 27.7 Å². The molecule has 4 rings (SSSR count). The van der Waals surface area contributed by atoms with Crippen LogP contribution in [0.25, 0.3) is 33.9 Å². The standard InChI is InChI=1S/C25H23BrN4O3/c1-15(2)33-25(31)28-19-9-7-16(8-10-19)24-29-22(17-5-4-6-20(13-17)32-3)23(30-24)18-11-12-27-21(26)14-18/h4-15H,1-3H3,(H,28,31)(H,29,30). The zero-order chi connectivity index (χ0) is 23.4. The number of amides is 1. The van der Waals surface area contributed by atoms with E-state index in [1.54, 1.807) is 27.2 Å². The van der Waals surface area contributed by atoms with Gasteiger partial charge in [0, 0.05) is 28.6 Å². The molecule has 8 heteroatoms. The minimum atomic E-state index is -0.485. The molecule has 33 heavy (non-hydrogen) atoms. The molecule has 0 radical (unpaired) electrons. The molecule has 4 aromatic rings. The number of hydrogen-bond acceptors (Lipinski definition) is 5. The summed E-state index contributed by atoms with van der Waals surface area (Å²) in [5, 5.41) is 2.72. The third-order valence-electron chi connectivity index (χ3n) is 4.81. The van der Waals surface area contributed by atoms with Gasteiger partial charge in [-0.05, 0) is 78.3 Å². The lowest BCUT2D eigenvalue weighted by Gasteiger charge is -2.09. The van der Waals surface area contributed by atoms with Crippen LogP contribution in [0.3, 0.4) is 0 Å². The first-order valence-electron chi connectivity index (χ1n) is 10.4. The summed E-state index contributed by atoms with van der Waals surface area (Å²) in [5.41, 5.74) is 5.05. The summed E-state index contributed by atoms with van der Waals surface area (Å²) in [4.78, 5) is 24.4. The number of benzene rings is 2. The molecule has 0 aliphatic rings. The van der Waals surface area contributed by atoms with Crippen LogP contribution in [0.15, 0.2) is 71.5 Å². The van der Waals surface area contributed by atoms with Crippen LogP contribution in [0.1, 0.15) is 13.8 Å². The minimum absolute atomic E-state index is 0.186. The highest BCUT2D eigenvalue weighted by Gasteiger charge is 2.16. The molecule has 168 valence electrons. The fourth-order valence-corrected chi connectivity index (χ4v) is 3.69. The van der Waals surface area contributed by atoms with Crippen molar-refractivity contribution in [3.05, 3.63) is 71.5 Å². The van der Waals surface area contributed by atoms with Gasteiger partial charge in [0.25, 0.3) is 0 Å². The van der Waals surface area contributed by atoms with E-state index in [9.17, 15) is 4.79 Å². The summed E-state index contributed by atoms with van der Waals surface area (Å²) >= 11 is 3.45. The lowest BCUT2D eigenvalue weighted by molar-refractivity contribution is 0.130. The third-order valence-corrected chi connectivity index (χ3v) is 5.24. The minimum Gasteiger partial charge on any atom is -0.497 e. The maximum Gasteiger partial charge on any atom is 0.411 e. The molecule has 0 aliphatic carbocycles. The van der Waals surface area contributed by atoms with Crippen LogP contribution in [0, 0.1) is 0 Å². The lowest BCUT2D eigenvalue weighted by atomic mass is 10.1. The number of H-pyrrole nitrogens is 1. The molecule has 0 fully saturated rings.